The highest BCUT2D eigenvalue weighted by Gasteiger charge is 2.33. The van der Waals surface area contributed by atoms with Crippen LogP contribution in [0.25, 0.3) is 0 Å². The zero-order valence-electron chi connectivity index (χ0n) is 10.1. The summed E-state index contributed by atoms with van der Waals surface area (Å²) in [6.07, 6.45) is 0.790. The second-order valence-corrected chi connectivity index (χ2v) is 7.23. The van der Waals surface area contributed by atoms with Crippen molar-refractivity contribution in [3.8, 4) is 0 Å². The molecule has 1 atom stereocenters. The summed E-state index contributed by atoms with van der Waals surface area (Å²) >= 11 is 1.21. The molecule has 0 amide bonds. The fraction of sp³-hybridized carbons (Fsp3) is 0.545. The molecule has 1 aliphatic rings. The summed E-state index contributed by atoms with van der Waals surface area (Å²) in [6, 6.07) is 2.09. The van der Waals surface area contributed by atoms with Crippen LogP contribution in [0, 0.1) is 0 Å². The summed E-state index contributed by atoms with van der Waals surface area (Å²) < 4.78 is 31.7. The third-order valence-electron chi connectivity index (χ3n) is 2.96. The maximum atomic E-state index is 12.2. The van der Waals surface area contributed by atoms with Gasteiger partial charge in [-0.15, -0.1) is 11.3 Å². The second-order valence-electron chi connectivity index (χ2n) is 4.26. The first-order chi connectivity index (χ1) is 9.00. The van der Waals surface area contributed by atoms with Gasteiger partial charge in [-0.1, -0.05) is 6.07 Å². The molecule has 106 valence electrons. The number of carboxylic acids is 1. The van der Waals surface area contributed by atoms with Crippen LogP contribution in [0.3, 0.4) is 0 Å². The molecular weight excluding hydrogens is 290 g/mol. The van der Waals surface area contributed by atoms with E-state index in [2.05, 4.69) is 4.72 Å². The van der Waals surface area contributed by atoms with Gasteiger partial charge in [-0.25, -0.2) is 8.42 Å². The van der Waals surface area contributed by atoms with Crippen LogP contribution in [-0.2, 0) is 19.6 Å². The van der Waals surface area contributed by atoms with Crippen LogP contribution in [0.15, 0.2) is 17.5 Å². The lowest BCUT2D eigenvalue weighted by Gasteiger charge is -2.24. The largest absolute Gasteiger partial charge is 0.480 e. The van der Waals surface area contributed by atoms with Gasteiger partial charge in [-0.2, -0.15) is 4.72 Å². The molecule has 0 radical (unpaired) electrons. The predicted octanol–water partition coefficient (Wildman–Crippen LogP) is 0.972. The minimum Gasteiger partial charge on any atom is -0.480 e. The fourth-order valence-electron chi connectivity index (χ4n) is 1.93. The van der Waals surface area contributed by atoms with E-state index in [1.165, 1.54) is 11.3 Å². The first-order valence-electron chi connectivity index (χ1n) is 5.86. The topological polar surface area (TPSA) is 92.7 Å². The van der Waals surface area contributed by atoms with Crippen molar-refractivity contribution in [1.29, 1.82) is 0 Å². The normalized spacial score (nSPS) is 19.2. The second kappa shape index (κ2) is 6.00. The van der Waals surface area contributed by atoms with E-state index in [0.29, 0.717) is 30.9 Å². The highest BCUT2D eigenvalue weighted by molar-refractivity contribution is 7.90. The molecule has 2 heterocycles. The molecule has 1 aromatic heterocycles. The average molecular weight is 305 g/mol. The third kappa shape index (κ3) is 3.53. The van der Waals surface area contributed by atoms with Crippen LogP contribution in [0.2, 0.25) is 0 Å². The predicted molar refractivity (Wildman–Crippen MR) is 70.6 cm³/mol. The first kappa shape index (κ1) is 14.4. The molecule has 1 aliphatic heterocycles. The molecule has 1 unspecified atom stereocenters. The number of rotatable bonds is 5. The van der Waals surface area contributed by atoms with E-state index in [0.717, 1.165) is 0 Å². The number of ether oxygens (including phenoxy) is 1. The monoisotopic (exact) mass is 305 g/mol. The summed E-state index contributed by atoms with van der Waals surface area (Å²) in [4.78, 5) is 11.7. The van der Waals surface area contributed by atoms with Gasteiger partial charge in [0.05, 0.1) is 5.25 Å². The molecule has 1 aromatic rings. The first-order valence-corrected chi connectivity index (χ1v) is 8.28. The summed E-state index contributed by atoms with van der Waals surface area (Å²) in [5.41, 5.74) is 0. The molecule has 0 saturated carbocycles. The average Bonchev–Trinajstić information content (AvgIpc) is 2.90. The number of carboxylic acid groups (broad SMARTS) is 1. The summed E-state index contributed by atoms with van der Waals surface area (Å²) in [7, 11) is -3.66. The Bertz CT molecular complexity index is 519. The number of aliphatic carboxylic acids is 1. The Morgan fingerprint density at radius 3 is 2.68 bits per heavy atom. The van der Waals surface area contributed by atoms with Crippen LogP contribution < -0.4 is 4.72 Å². The van der Waals surface area contributed by atoms with Gasteiger partial charge in [0.25, 0.3) is 0 Å². The molecule has 1 saturated heterocycles. The smallest absolute Gasteiger partial charge is 0.327 e. The van der Waals surface area contributed by atoms with Crippen LogP contribution in [0.5, 0.6) is 0 Å². The number of thiophene rings is 1. The molecule has 8 heteroatoms. The standard InChI is InChI=1S/C11H15NO5S2/c13-11(14)10(9-2-1-7-18-9)12-19(15,16)8-3-5-17-6-4-8/h1-2,7-8,10,12H,3-6H2,(H,13,14). The summed E-state index contributed by atoms with van der Waals surface area (Å²) in [5.74, 6) is -1.20. The lowest BCUT2D eigenvalue weighted by Crippen LogP contribution is -2.41. The van der Waals surface area contributed by atoms with Gasteiger partial charge in [-0.05, 0) is 24.3 Å². The van der Waals surface area contributed by atoms with Crippen molar-refractivity contribution in [2.45, 2.75) is 24.1 Å². The highest BCUT2D eigenvalue weighted by atomic mass is 32.2. The quantitative estimate of drug-likeness (QED) is 0.845. The SMILES string of the molecule is O=C(O)C(NS(=O)(=O)C1CCOCC1)c1cccs1. The number of nitrogens with one attached hydrogen (secondary N) is 1. The molecule has 0 aliphatic carbocycles. The fourth-order valence-corrected chi connectivity index (χ4v) is 4.34. The Kier molecular flexibility index (Phi) is 4.56. The Balaban J connectivity index is 2.14. The van der Waals surface area contributed by atoms with Crippen molar-refractivity contribution in [3.63, 3.8) is 0 Å². The molecule has 1 fully saturated rings. The van der Waals surface area contributed by atoms with E-state index in [4.69, 9.17) is 9.84 Å². The Hall–Kier alpha value is -0.960. The van der Waals surface area contributed by atoms with Gasteiger partial charge >= 0.3 is 5.97 Å². The maximum Gasteiger partial charge on any atom is 0.327 e. The van der Waals surface area contributed by atoms with Crippen LogP contribution in [0.1, 0.15) is 23.8 Å². The van der Waals surface area contributed by atoms with E-state index in [1.807, 2.05) is 0 Å². The molecular formula is C11H15NO5S2. The lowest BCUT2D eigenvalue weighted by atomic mass is 10.2. The van der Waals surface area contributed by atoms with Crippen molar-refractivity contribution in [2.24, 2.45) is 0 Å². The minimum absolute atomic E-state index is 0.391. The van der Waals surface area contributed by atoms with Gasteiger partial charge in [0.2, 0.25) is 10.0 Å². The molecule has 0 spiro atoms. The highest BCUT2D eigenvalue weighted by Crippen LogP contribution is 2.23. The molecule has 19 heavy (non-hydrogen) atoms. The minimum atomic E-state index is -3.66. The number of hydrogen-bond donors (Lipinski definition) is 2. The van der Waals surface area contributed by atoms with E-state index >= 15 is 0 Å². The molecule has 0 bridgehead atoms. The Morgan fingerprint density at radius 1 is 1.47 bits per heavy atom. The van der Waals surface area contributed by atoms with Crippen LogP contribution in [-0.4, -0.2) is 38.0 Å². The molecule has 0 aromatic carbocycles. The van der Waals surface area contributed by atoms with Crippen LogP contribution >= 0.6 is 11.3 Å². The van der Waals surface area contributed by atoms with Crippen molar-refractivity contribution in [3.05, 3.63) is 22.4 Å². The molecule has 6 nitrogen and oxygen atoms in total. The summed E-state index contributed by atoms with van der Waals surface area (Å²) in [6.45, 7) is 0.782. The van der Waals surface area contributed by atoms with Crippen LogP contribution in [0.4, 0.5) is 0 Å². The van der Waals surface area contributed by atoms with Gasteiger partial charge in [-0.3, -0.25) is 4.79 Å². The van der Waals surface area contributed by atoms with Crippen molar-refractivity contribution in [2.75, 3.05) is 13.2 Å². The third-order valence-corrected chi connectivity index (χ3v) is 5.81. The van der Waals surface area contributed by atoms with Crippen molar-refractivity contribution in [1.82, 2.24) is 4.72 Å². The number of sulfonamides is 1. The van der Waals surface area contributed by atoms with Crippen molar-refractivity contribution < 1.29 is 23.1 Å². The zero-order chi connectivity index (χ0) is 13.9. The van der Waals surface area contributed by atoms with Gasteiger partial charge < -0.3 is 9.84 Å². The summed E-state index contributed by atoms with van der Waals surface area (Å²) in [5, 5.41) is 10.3. The zero-order valence-corrected chi connectivity index (χ0v) is 11.7. The van der Waals surface area contributed by atoms with Gasteiger partial charge in [0.15, 0.2) is 6.04 Å². The molecule has 2 N–H and O–H groups in total. The van der Waals surface area contributed by atoms with Gasteiger partial charge in [0.1, 0.15) is 0 Å². The molecule has 2 rings (SSSR count). The van der Waals surface area contributed by atoms with Crippen molar-refractivity contribution >= 4 is 27.3 Å². The maximum absolute atomic E-state index is 12.2. The number of hydrogen-bond acceptors (Lipinski definition) is 5. The van der Waals surface area contributed by atoms with E-state index in [9.17, 15) is 13.2 Å². The Labute approximate surface area is 115 Å². The van der Waals surface area contributed by atoms with E-state index in [1.54, 1.807) is 17.5 Å². The Morgan fingerprint density at radius 2 is 2.16 bits per heavy atom. The van der Waals surface area contributed by atoms with E-state index in [-0.39, 0.29) is 0 Å². The number of carbonyl (C=O) groups is 1. The van der Waals surface area contributed by atoms with Gasteiger partial charge in [0, 0.05) is 18.1 Å². The lowest BCUT2D eigenvalue weighted by molar-refractivity contribution is -0.139. The van der Waals surface area contributed by atoms with E-state index < -0.39 is 27.3 Å².